The van der Waals surface area contributed by atoms with E-state index in [1.807, 2.05) is 0 Å². The number of nitro benzene ring substituents is 1. The molecule has 0 aliphatic heterocycles. The molecule has 0 spiro atoms. The minimum atomic E-state index is -0.605. The fourth-order valence-electron chi connectivity index (χ4n) is 2.67. The third kappa shape index (κ3) is 4.99. The van der Waals surface area contributed by atoms with Crippen molar-refractivity contribution in [2.75, 3.05) is 19.0 Å². The quantitative estimate of drug-likeness (QED) is 0.343. The van der Waals surface area contributed by atoms with Crippen molar-refractivity contribution in [3.63, 3.8) is 0 Å². The van der Waals surface area contributed by atoms with Crippen LogP contribution >= 0.6 is 0 Å². The molecule has 3 aromatic rings. The number of rotatable bonds is 8. The molecule has 30 heavy (non-hydrogen) atoms. The van der Waals surface area contributed by atoms with E-state index in [1.165, 1.54) is 18.2 Å². The molecule has 0 saturated carbocycles. The molecule has 0 aliphatic carbocycles. The second kappa shape index (κ2) is 9.33. The van der Waals surface area contributed by atoms with Gasteiger partial charge in [0.1, 0.15) is 17.1 Å². The summed E-state index contributed by atoms with van der Waals surface area (Å²) in [5.41, 5.74) is 0.635. The summed E-state index contributed by atoms with van der Waals surface area (Å²) in [4.78, 5) is 35.0. The Kier molecular flexibility index (Phi) is 6.39. The Morgan fingerprint density at radius 2 is 1.57 bits per heavy atom. The molecular weight excluding hydrogens is 388 g/mol. The van der Waals surface area contributed by atoms with Crippen LogP contribution in [-0.4, -0.2) is 30.3 Å². The molecule has 0 saturated heterocycles. The summed E-state index contributed by atoms with van der Waals surface area (Å²) in [5.74, 6) is 0.323. The molecule has 3 rings (SSSR count). The number of nitrogens with zero attached hydrogens (tertiary/aromatic N) is 1. The topological polar surface area (TPSA) is 108 Å². The van der Waals surface area contributed by atoms with Crippen molar-refractivity contribution in [1.82, 2.24) is 0 Å². The second-order valence-electron chi connectivity index (χ2n) is 6.19. The Balaban J connectivity index is 1.59. The van der Waals surface area contributed by atoms with Crippen LogP contribution in [0.25, 0.3) is 0 Å². The molecule has 1 amide bonds. The van der Waals surface area contributed by atoms with Gasteiger partial charge in [0.2, 0.25) is 0 Å². The molecule has 0 atom stereocenters. The molecule has 1 N–H and O–H groups in total. The average Bonchev–Trinajstić information content (AvgIpc) is 2.78. The van der Waals surface area contributed by atoms with Gasteiger partial charge in [-0.15, -0.1) is 0 Å². The van der Waals surface area contributed by atoms with E-state index in [4.69, 9.17) is 9.47 Å². The summed E-state index contributed by atoms with van der Waals surface area (Å²) < 4.78 is 10.5. The zero-order valence-electron chi connectivity index (χ0n) is 16.0. The van der Waals surface area contributed by atoms with Crippen molar-refractivity contribution in [3.8, 4) is 11.5 Å². The number of amides is 1. The number of Topliss-reactive ketones (excluding diaryl/α,β-unsaturated/α-hetero) is 1. The van der Waals surface area contributed by atoms with Crippen LogP contribution in [-0.2, 0) is 0 Å². The van der Waals surface area contributed by atoms with E-state index in [2.05, 4.69) is 5.32 Å². The molecule has 0 fully saturated rings. The lowest BCUT2D eigenvalue weighted by Crippen LogP contribution is -2.14. The van der Waals surface area contributed by atoms with E-state index in [0.29, 0.717) is 22.7 Å². The highest BCUT2D eigenvalue weighted by atomic mass is 16.6. The van der Waals surface area contributed by atoms with Gasteiger partial charge in [0.25, 0.3) is 11.6 Å². The number of hydrogen-bond donors (Lipinski definition) is 1. The highest BCUT2D eigenvalue weighted by molar-refractivity contribution is 6.07. The fraction of sp³-hybridized carbons (Fsp3) is 0.0909. The number of ether oxygens (including phenoxy) is 2. The highest BCUT2D eigenvalue weighted by Gasteiger charge is 2.19. The van der Waals surface area contributed by atoms with Gasteiger partial charge < -0.3 is 14.8 Å². The van der Waals surface area contributed by atoms with Crippen molar-refractivity contribution in [1.29, 1.82) is 0 Å². The SMILES string of the molecule is COc1ccc(C(=O)COc2ccc(NC(=O)c3ccccc3[N+](=O)[O-])cc2)cc1. The van der Waals surface area contributed by atoms with Gasteiger partial charge in [0, 0.05) is 17.3 Å². The Hall–Kier alpha value is -4.20. The van der Waals surface area contributed by atoms with Crippen LogP contribution in [0.2, 0.25) is 0 Å². The molecule has 0 aliphatic rings. The van der Waals surface area contributed by atoms with Crippen molar-refractivity contribution >= 4 is 23.1 Å². The minimum absolute atomic E-state index is 0.0343. The monoisotopic (exact) mass is 406 g/mol. The van der Waals surface area contributed by atoms with Gasteiger partial charge in [-0.05, 0) is 54.6 Å². The number of nitro groups is 1. The Labute approximate surface area is 172 Å². The number of carbonyl (C=O) groups excluding carboxylic acids is 2. The van der Waals surface area contributed by atoms with Crippen LogP contribution in [0.15, 0.2) is 72.8 Å². The third-order valence-corrected chi connectivity index (χ3v) is 4.24. The van der Waals surface area contributed by atoms with Gasteiger partial charge in [-0.3, -0.25) is 19.7 Å². The van der Waals surface area contributed by atoms with Gasteiger partial charge >= 0.3 is 0 Å². The number of anilines is 1. The van der Waals surface area contributed by atoms with Crippen LogP contribution in [0, 0.1) is 10.1 Å². The van der Waals surface area contributed by atoms with Crippen LogP contribution in [0.1, 0.15) is 20.7 Å². The molecular formula is C22H18N2O6. The van der Waals surface area contributed by atoms with E-state index in [0.717, 1.165) is 0 Å². The van der Waals surface area contributed by atoms with Crippen molar-refractivity contribution < 1.29 is 24.0 Å². The van der Waals surface area contributed by atoms with E-state index >= 15 is 0 Å². The van der Waals surface area contributed by atoms with Gasteiger partial charge in [-0.25, -0.2) is 0 Å². The van der Waals surface area contributed by atoms with Crippen LogP contribution in [0.5, 0.6) is 11.5 Å². The van der Waals surface area contributed by atoms with Crippen molar-refractivity contribution in [3.05, 3.63) is 94.0 Å². The first-order chi connectivity index (χ1) is 14.5. The molecule has 0 heterocycles. The standard InChI is InChI=1S/C22H18N2O6/c1-29-17-10-6-15(7-11-17)21(25)14-30-18-12-8-16(9-13-18)23-22(26)19-4-2-3-5-20(19)24(27)28/h2-13H,14H2,1H3,(H,23,26). The zero-order valence-corrected chi connectivity index (χ0v) is 16.0. The Bertz CT molecular complexity index is 1060. The maximum Gasteiger partial charge on any atom is 0.282 e. The maximum atomic E-state index is 12.3. The highest BCUT2D eigenvalue weighted by Crippen LogP contribution is 2.21. The van der Waals surface area contributed by atoms with E-state index in [9.17, 15) is 19.7 Å². The van der Waals surface area contributed by atoms with Gasteiger partial charge in [0.05, 0.1) is 12.0 Å². The molecule has 0 radical (unpaired) electrons. The number of nitrogens with one attached hydrogen (secondary N) is 1. The van der Waals surface area contributed by atoms with Gasteiger partial charge in [-0.2, -0.15) is 0 Å². The predicted octanol–water partition coefficient (Wildman–Crippen LogP) is 4.12. The molecule has 3 aromatic carbocycles. The number of hydrogen-bond acceptors (Lipinski definition) is 6. The maximum absolute atomic E-state index is 12.3. The number of carbonyl (C=O) groups is 2. The first-order valence-electron chi connectivity index (χ1n) is 8.93. The number of para-hydroxylation sites is 1. The minimum Gasteiger partial charge on any atom is -0.497 e. The summed E-state index contributed by atoms with van der Waals surface area (Å²) in [5, 5.41) is 13.7. The summed E-state index contributed by atoms with van der Waals surface area (Å²) in [6.07, 6.45) is 0. The summed E-state index contributed by atoms with van der Waals surface area (Å²) in [7, 11) is 1.55. The predicted molar refractivity (Wildman–Crippen MR) is 110 cm³/mol. The number of methoxy groups -OCH3 is 1. The lowest BCUT2D eigenvalue weighted by atomic mass is 10.1. The van der Waals surface area contributed by atoms with Crippen molar-refractivity contribution in [2.45, 2.75) is 0 Å². The van der Waals surface area contributed by atoms with Crippen LogP contribution in [0.4, 0.5) is 11.4 Å². The largest absolute Gasteiger partial charge is 0.497 e. The first-order valence-corrected chi connectivity index (χ1v) is 8.93. The Morgan fingerprint density at radius 1 is 0.933 bits per heavy atom. The average molecular weight is 406 g/mol. The Morgan fingerprint density at radius 3 is 2.20 bits per heavy atom. The van der Waals surface area contributed by atoms with E-state index in [1.54, 1.807) is 61.7 Å². The third-order valence-electron chi connectivity index (χ3n) is 4.24. The summed E-state index contributed by atoms with van der Waals surface area (Å²) in [6, 6.07) is 18.8. The number of benzene rings is 3. The molecule has 0 unspecified atom stereocenters. The molecule has 0 aromatic heterocycles. The summed E-state index contributed by atoms with van der Waals surface area (Å²) in [6.45, 7) is -0.145. The lowest BCUT2D eigenvalue weighted by Gasteiger charge is -2.09. The smallest absolute Gasteiger partial charge is 0.282 e. The van der Waals surface area contributed by atoms with Crippen LogP contribution in [0.3, 0.4) is 0 Å². The lowest BCUT2D eigenvalue weighted by molar-refractivity contribution is -0.385. The zero-order chi connectivity index (χ0) is 21.5. The van der Waals surface area contributed by atoms with Gasteiger partial charge in [0.15, 0.2) is 12.4 Å². The number of ketones is 1. The van der Waals surface area contributed by atoms with E-state index in [-0.39, 0.29) is 23.6 Å². The van der Waals surface area contributed by atoms with E-state index < -0.39 is 10.8 Å². The van der Waals surface area contributed by atoms with Crippen LogP contribution < -0.4 is 14.8 Å². The molecule has 0 bridgehead atoms. The molecule has 8 heteroatoms. The summed E-state index contributed by atoms with van der Waals surface area (Å²) >= 11 is 0. The van der Waals surface area contributed by atoms with Gasteiger partial charge in [-0.1, -0.05) is 12.1 Å². The van der Waals surface area contributed by atoms with Crippen molar-refractivity contribution in [2.24, 2.45) is 0 Å². The first kappa shape index (κ1) is 20.5. The molecule has 8 nitrogen and oxygen atoms in total. The fourth-order valence-corrected chi connectivity index (χ4v) is 2.67. The second-order valence-corrected chi connectivity index (χ2v) is 6.19. The normalized spacial score (nSPS) is 10.2. The molecule has 152 valence electrons.